The third-order valence-electron chi connectivity index (χ3n) is 6.61. The third kappa shape index (κ3) is 5.73. The molecule has 6 heteroatoms. The van der Waals surface area contributed by atoms with Crippen molar-refractivity contribution in [3.63, 3.8) is 0 Å². The van der Waals surface area contributed by atoms with Crippen LogP contribution in [0.4, 0.5) is 0 Å². The van der Waals surface area contributed by atoms with E-state index in [4.69, 9.17) is 4.74 Å². The van der Waals surface area contributed by atoms with Gasteiger partial charge in [-0.1, -0.05) is 79.9 Å². The Morgan fingerprint density at radius 1 is 0.861 bits per heavy atom. The van der Waals surface area contributed by atoms with Crippen molar-refractivity contribution in [2.24, 2.45) is 0 Å². The summed E-state index contributed by atoms with van der Waals surface area (Å²) in [5.74, 6) is 0.759. The van der Waals surface area contributed by atoms with Crippen molar-refractivity contribution >= 4 is 48.3 Å². The molecule has 5 rings (SSSR count). The lowest BCUT2D eigenvalue weighted by molar-refractivity contribution is 0.0661. The van der Waals surface area contributed by atoms with Gasteiger partial charge in [0.05, 0.1) is 5.52 Å². The van der Waals surface area contributed by atoms with Gasteiger partial charge in [0, 0.05) is 40.2 Å². The Hall–Kier alpha value is -2.51. The summed E-state index contributed by atoms with van der Waals surface area (Å²) in [6.45, 7) is 2.66. The predicted molar refractivity (Wildman–Crippen MR) is 153 cm³/mol. The van der Waals surface area contributed by atoms with E-state index >= 15 is 0 Å². The lowest BCUT2D eigenvalue weighted by Crippen LogP contribution is -2.39. The molecular formula is C30H28Br2N2O2. The second kappa shape index (κ2) is 11.7. The molecule has 4 nitrogen and oxygen atoms in total. The lowest BCUT2D eigenvalue weighted by Gasteiger charge is -2.32. The number of aliphatic hydroxyl groups is 1. The molecule has 1 atom stereocenters. The fourth-order valence-electron chi connectivity index (χ4n) is 4.85. The van der Waals surface area contributed by atoms with Crippen molar-refractivity contribution in [3.05, 3.63) is 111 Å². The van der Waals surface area contributed by atoms with Gasteiger partial charge in [-0.15, -0.1) is 0 Å². The number of pyridine rings is 1. The standard InChI is InChI=1S/C30H28Br2N2O2/c31-26-10-3-1-7-23(26)30(24-8-2-4-11-27(24)32)21-14-17-34(18-15-21)19-22(35)20-36-29-13-5-12-28-25(29)9-6-16-33-28/h1-13,16,22,35H,14-15,17-20H2. The molecule has 4 aromatic rings. The maximum Gasteiger partial charge on any atom is 0.128 e. The monoisotopic (exact) mass is 606 g/mol. The first-order valence-corrected chi connectivity index (χ1v) is 13.8. The number of rotatable bonds is 7. The van der Waals surface area contributed by atoms with Crippen LogP contribution in [0.15, 0.2) is 99.6 Å². The second-order valence-electron chi connectivity index (χ2n) is 9.03. The Bertz CT molecular complexity index is 1330. The number of hydrogen-bond donors (Lipinski definition) is 1. The van der Waals surface area contributed by atoms with E-state index in [-0.39, 0.29) is 6.61 Å². The fraction of sp³-hybridized carbons (Fsp3) is 0.233. The first-order valence-electron chi connectivity index (χ1n) is 12.2. The van der Waals surface area contributed by atoms with Gasteiger partial charge >= 0.3 is 0 Å². The van der Waals surface area contributed by atoms with Crippen LogP contribution in [0.5, 0.6) is 5.75 Å². The van der Waals surface area contributed by atoms with Gasteiger partial charge in [-0.3, -0.25) is 9.88 Å². The number of ether oxygens (including phenoxy) is 1. The van der Waals surface area contributed by atoms with Crippen LogP contribution in [0.3, 0.4) is 0 Å². The van der Waals surface area contributed by atoms with Crippen LogP contribution in [0.25, 0.3) is 16.5 Å². The molecule has 0 aliphatic carbocycles. The summed E-state index contributed by atoms with van der Waals surface area (Å²) in [4.78, 5) is 6.71. The highest BCUT2D eigenvalue weighted by Crippen LogP contribution is 2.38. The molecule has 0 amide bonds. The Balaban J connectivity index is 1.27. The highest BCUT2D eigenvalue weighted by molar-refractivity contribution is 9.10. The predicted octanol–water partition coefficient (Wildman–Crippen LogP) is 7.10. The zero-order chi connectivity index (χ0) is 24.9. The molecule has 0 spiro atoms. The molecule has 0 saturated carbocycles. The molecule has 1 aromatic heterocycles. The molecule has 1 aliphatic heterocycles. The van der Waals surface area contributed by atoms with Gasteiger partial charge in [-0.05, 0) is 65.9 Å². The molecule has 36 heavy (non-hydrogen) atoms. The van der Waals surface area contributed by atoms with Crippen molar-refractivity contribution in [2.45, 2.75) is 18.9 Å². The molecule has 2 heterocycles. The summed E-state index contributed by atoms with van der Waals surface area (Å²) < 4.78 is 8.19. The van der Waals surface area contributed by atoms with E-state index in [1.165, 1.54) is 22.3 Å². The minimum Gasteiger partial charge on any atom is -0.490 e. The number of piperidine rings is 1. The van der Waals surface area contributed by atoms with Crippen LogP contribution in [0.2, 0.25) is 0 Å². The Morgan fingerprint density at radius 3 is 2.19 bits per heavy atom. The Kier molecular flexibility index (Phi) is 8.17. The quantitative estimate of drug-likeness (QED) is 0.243. The molecule has 0 bridgehead atoms. The number of likely N-dealkylation sites (tertiary alicyclic amines) is 1. The lowest BCUT2D eigenvalue weighted by atomic mass is 9.88. The largest absolute Gasteiger partial charge is 0.490 e. The van der Waals surface area contributed by atoms with Crippen LogP contribution in [-0.2, 0) is 0 Å². The molecule has 1 fully saturated rings. The Labute approximate surface area is 228 Å². The molecule has 1 aliphatic rings. The maximum atomic E-state index is 10.7. The fourth-order valence-corrected chi connectivity index (χ4v) is 5.81. The van der Waals surface area contributed by atoms with Gasteiger partial charge in [0.25, 0.3) is 0 Å². The normalized spacial score (nSPS) is 15.1. The van der Waals surface area contributed by atoms with E-state index in [0.717, 1.165) is 51.5 Å². The average Bonchev–Trinajstić information content (AvgIpc) is 2.90. The molecule has 3 aromatic carbocycles. The second-order valence-corrected chi connectivity index (χ2v) is 10.7. The van der Waals surface area contributed by atoms with Gasteiger partial charge in [-0.25, -0.2) is 0 Å². The van der Waals surface area contributed by atoms with Crippen LogP contribution in [0.1, 0.15) is 24.0 Å². The molecular weight excluding hydrogens is 580 g/mol. The molecule has 1 unspecified atom stereocenters. The van der Waals surface area contributed by atoms with Crippen LogP contribution < -0.4 is 4.74 Å². The summed E-state index contributed by atoms with van der Waals surface area (Å²) in [6.07, 6.45) is 3.13. The number of aliphatic hydroxyl groups excluding tert-OH is 1. The van der Waals surface area contributed by atoms with Gasteiger partial charge in [0.15, 0.2) is 0 Å². The smallest absolute Gasteiger partial charge is 0.128 e. The summed E-state index contributed by atoms with van der Waals surface area (Å²) in [5, 5.41) is 11.7. The highest BCUT2D eigenvalue weighted by atomic mass is 79.9. The van der Waals surface area contributed by atoms with Gasteiger partial charge in [-0.2, -0.15) is 0 Å². The zero-order valence-electron chi connectivity index (χ0n) is 19.9. The van der Waals surface area contributed by atoms with Crippen LogP contribution in [0, 0.1) is 0 Å². The van der Waals surface area contributed by atoms with Gasteiger partial charge in [0.1, 0.15) is 18.5 Å². The number of β-amino-alcohol motifs (C(OH)–C–C–N with tert-alkyl or cyclic N) is 1. The maximum absolute atomic E-state index is 10.7. The number of hydrogen-bond acceptors (Lipinski definition) is 4. The third-order valence-corrected chi connectivity index (χ3v) is 7.99. The van der Waals surface area contributed by atoms with E-state index in [9.17, 15) is 5.11 Å². The van der Waals surface area contributed by atoms with E-state index in [1.807, 2.05) is 30.3 Å². The average molecular weight is 608 g/mol. The summed E-state index contributed by atoms with van der Waals surface area (Å²) in [7, 11) is 0. The number of aromatic nitrogens is 1. The van der Waals surface area contributed by atoms with Crippen molar-refractivity contribution in [1.29, 1.82) is 0 Å². The highest BCUT2D eigenvalue weighted by Gasteiger charge is 2.23. The van der Waals surface area contributed by atoms with Crippen LogP contribution in [-0.4, -0.2) is 47.3 Å². The first kappa shape index (κ1) is 25.2. The molecule has 1 N–H and O–H groups in total. The topological polar surface area (TPSA) is 45.6 Å². The summed E-state index contributed by atoms with van der Waals surface area (Å²) in [5.41, 5.74) is 6.06. The minimum absolute atomic E-state index is 0.256. The Morgan fingerprint density at radius 2 is 1.53 bits per heavy atom. The van der Waals surface area contributed by atoms with Gasteiger partial charge in [0.2, 0.25) is 0 Å². The molecule has 184 valence electrons. The van der Waals surface area contributed by atoms with E-state index in [2.05, 4.69) is 90.3 Å². The van der Waals surface area contributed by atoms with Crippen molar-refractivity contribution < 1.29 is 9.84 Å². The molecule has 0 radical (unpaired) electrons. The van der Waals surface area contributed by atoms with Crippen molar-refractivity contribution in [3.8, 4) is 5.75 Å². The number of nitrogens with zero attached hydrogens (tertiary/aromatic N) is 2. The zero-order valence-corrected chi connectivity index (χ0v) is 23.1. The van der Waals surface area contributed by atoms with Crippen LogP contribution >= 0.6 is 31.9 Å². The van der Waals surface area contributed by atoms with Crippen molar-refractivity contribution in [2.75, 3.05) is 26.2 Å². The number of benzene rings is 3. The van der Waals surface area contributed by atoms with Gasteiger partial charge < -0.3 is 9.84 Å². The van der Waals surface area contributed by atoms with Crippen molar-refractivity contribution in [1.82, 2.24) is 9.88 Å². The summed E-state index contributed by atoms with van der Waals surface area (Å²) >= 11 is 7.54. The minimum atomic E-state index is -0.562. The van der Waals surface area contributed by atoms with E-state index in [1.54, 1.807) is 6.20 Å². The summed E-state index contributed by atoms with van der Waals surface area (Å²) in [6, 6.07) is 26.6. The molecule has 1 saturated heterocycles. The van der Waals surface area contributed by atoms with E-state index in [0.29, 0.717) is 6.54 Å². The number of halogens is 2. The van der Waals surface area contributed by atoms with E-state index < -0.39 is 6.10 Å². The number of fused-ring (bicyclic) bond motifs is 1. The first-order chi connectivity index (χ1) is 17.6. The SMILES string of the molecule is OC(COc1cccc2ncccc12)CN1CCC(=C(c2ccccc2Br)c2ccccc2Br)CC1.